The highest BCUT2D eigenvalue weighted by Gasteiger charge is 2.56. The molecule has 5 aliphatic rings. The zero-order valence-corrected chi connectivity index (χ0v) is 34.5. The molecule has 8 aromatic carbocycles. The van der Waals surface area contributed by atoms with Gasteiger partial charge in [-0.25, -0.2) is 0 Å². The van der Waals surface area contributed by atoms with Gasteiger partial charge in [-0.05, 0) is 102 Å². The first kappa shape index (κ1) is 33.1. The summed E-state index contributed by atoms with van der Waals surface area (Å²) in [5, 5.41) is 5.35. The molecule has 0 fully saturated rings. The molecule has 0 saturated carbocycles. The molecule has 6 nitrogen and oxygen atoms in total. The van der Waals surface area contributed by atoms with Gasteiger partial charge >= 0.3 is 0 Å². The summed E-state index contributed by atoms with van der Waals surface area (Å²) in [5.41, 5.74) is 16.9. The molecule has 0 radical (unpaired) electrons. The molecule has 16 rings (SSSR count). The lowest BCUT2D eigenvalue weighted by Crippen LogP contribution is -2.64. The van der Waals surface area contributed by atoms with Crippen LogP contribution in [0.15, 0.2) is 181 Å². The van der Waals surface area contributed by atoms with Crippen molar-refractivity contribution < 1.29 is 18.0 Å². The summed E-state index contributed by atoms with van der Waals surface area (Å²) in [4.78, 5) is 7.43. The molecule has 0 saturated heterocycles. The van der Waals surface area contributed by atoms with Gasteiger partial charge in [0.25, 0.3) is 6.71 Å². The molecule has 11 aromatic rings. The highest BCUT2D eigenvalue weighted by Crippen LogP contribution is 2.62. The fourth-order valence-electron chi connectivity index (χ4n) is 12.0. The van der Waals surface area contributed by atoms with Crippen LogP contribution in [-0.2, 0) is 5.41 Å². The second-order valence-electron chi connectivity index (χ2n) is 17.6. The standard InChI is InChI=1S/C55H31BN2O4S/c1-55-26-25-39-46(32-18-9-11-22-37(32)60-39)54(55)62-41-28-43-50-52(47(41)55)58(30-15-6-3-7-16-30)35-20-12-19-34-48(35)56(50)49-42(63-43)27-40-44(51(49)57(34)29-13-4-2-5-14-29)33-23-24-38-45(53(33)61-40)31-17-8-10-21-36(31)59-38/h2-28,54H,1H3. The largest absolute Gasteiger partial charge is 0.484 e. The minimum atomic E-state index is -0.497. The first-order valence-corrected chi connectivity index (χ1v) is 22.4. The van der Waals surface area contributed by atoms with Gasteiger partial charge in [0.15, 0.2) is 0 Å². The van der Waals surface area contributed by atoms with Crippen LogP contribution in [0, 0.1) is 0 Å². The minimum absolute atomic E-state index is 0.0638. The fraction of sp³-hybridized carbons (Fsp3) is 0.0545. The van der Waals surface area contributed by atoms with Crippen LogP contribution in [0.2, 0.25) is 0 Å². The van der Waals surface area contributed by atoms with Gasteiger partial charge in [0, 0.05) is 59.8 Å². The zero-order valence-electron chi connectivity index (χ0n) is 33.7. The fourth-order valence-corrected chi connectivity index (χ4v) is 13.2. The molecule has 3 aromatic heterocycles. The van der Waals surface area contributed by atoms with Gasteiger partial charge in [-0.1, -0.05) is 96.7 Å². The Kier molecular flexibility index (Phi) is 5.93. The van der Waals surface area contributed by atoms with E-state index < -0.39 is 5.41 Å². The van der Waals surface area contributed by atoms with Gasteiger partial charge < -0.3 is 27.8 Å². The van der Waals surface area contributed by atoms with E-state index in [4.69, 9.17) is 18.0 Å². The molecule has 4 aliphatic heterocycles. The van der Waals surface area contributed by atoms with Crippen molar-refractivity contribution in [3.05, 3.63) is 175 Å². The number of anilines is 6. The molecule has 8 heteroatoms. The first-order chi connectivity index (χ1) is 31.1. The Morgan fingerprint density at radius 2 is 1.22 bits per heavy atom. The molecule has 0 spiro atoms. The van der Waals surface area contributed by atoms with Gasteiger partial charge in [-0.3, -0.25) is 0 Å². The third-order valence-corrected chi connectivity index (χ3v) is 15.6. The highest BCUT2D eigenvalue weighted by atomic mass is 32.2. The Balaban J connectivity index is 1.05. The monoisotopic (exact) mass is 826 g/mol. The normalized spacial score (nSPS) is 18.4. The zero-order chi connectivity index (χ0) is 40.9. The Morgan fingerprint density at radius 3 is 2.00 bits per heavy atom. The molecule has 63 heavy (non-hydrogen) atoms. The van der Waals surface area contributed by atoms with E-state index in [2.05, 4.69) is 162 Å². The summed E-state index contributed by atoms with van der Waals surface area (Å²) in [6, 6.07) is 54.2. The predicted octanol–water partition coefficient (Wildman–Crippen LogP) is 13.2. The molecule has 1 aliphatic carbocycles. The van der Waals surface area contributed by atoms with E-state index in [1.807, 2.05) is 30.0 Å². The van der Waals surface area contributed by atoms with E-state index >= 15 is 0 Å². The average Bonchev–Trinajstić information content (AvgIpc) is 4.08. The van der Waals surface area contributed by atoms with E-state index in [0.717, 1.165) is 89.0 Å². The molecule has 0 N–H and O–H groups in total. The van der Waals surface area contributed by atoms with Crippen molar-refractivity contribution >= 4 is 130 Å². The van der Waals surface area contributed by atoms with Crippen molar-refractivity contribution in [3.63, 3.8) is 0 Å². The topological polar surface area (TPSA) is 55.1 Å². The van der Waals surface area contributed by atoms with Crippen molar-refractivity contribution in [1.82, 2.24) is 0 Å². The number of ether oxygens (including phenoxy) is 1. The molecular formula is C55H31BN2O4S. The number of nitrogens with zero attached hydrogens (tertiary/aromatic N) is 2. The van der Waals surface area contributed by atoms with Gasteiger partial charge in [-0.15, -0.1) is 0 Å². The van der Waals surface area contributed by atoms with Crippen LogP contribution in [0.1, 0.15) is 29.9 Å². The molecule has 0 amide bonds. The molecule has 7 heterocycles. The number of rotatable bonds is 2. The van der Waals surface area contributed by atoms with Gasteiger partial charge in [-0.2, -0.15) is 0 Å². The molecule has 2 unspecified atom stereocenters. The van der Waals surface area contributed by atoms with E-state index in [1.54, 1.807) is 0 Å². The minimum Gasteiger partial charge on any atom is -0.484 e. The summed E-state index contributed by atoms with van der Waals surface area (Å²) >= 11 is 1.83. The van der Waals surface area contributed by atoms with Crippen molar-refractivity contribution in [2.45, 2.75) is 28.2 Å². The summed E-state index contributed by atoms with van der Waals surface area (Å²) in [5.74, 6) is 1.78. The number of para-hydroxylation sites is 4. The number of furan rings is 3. The van der Waals surface area contributed by atoms with Gasteiger partial charge in [0.1, 0.15) is 45.5 Å². The molecule has 2 atom stereocenters. The van der Waals surface area contributed by atoms with E-state index in [0.29, 0.717) is 0 Å². The van der Waals surface area contributed by atoms with Crippen molar-refractivity contribution in [2.75, 3.05) is 9.80 Å². The lowest BCUT2D eigenvalue weighted by molar-refractivity contribution is 0.181. The van der Waals surface area contributed by atoms with Crippen LogP contribution in [0.3, 0.4) is 0 Å². The molecule has 294 valence electrons. The van der Waals surface area contributed by atoms with E-state index in [1.165, 1.54) is 48.8 Å². The number of hydrogen-bond donors (Lipinski definition) is 0. The maximum absolute atomic E-state index is 7.34. The molecular weight excluding hydrogens is 795 g/mol. The highest BCUT2D eigenvalue weighted by molar-refractivity contribution is 8.00. The van der Waals surface area contributed by atoms with Crippen molar-refractivity contribution in [2.24, 2.45) is 0 Å². The van der Waals surface area contributed by atoms with Crippen molar-refractivity contribution in [1.29, 1.82) is 0 Å². The van der Waals surface area contributed by atoms with Crippen LogP contribution in [0.5, 0.6) is 5.75 Å². The predicted molar refractivity (Wildman–Crippen MR) is 255 cm³/mol. The van der Waals surface area contributed by atoms with Gasteiger partial charge in [0.2, 0.25) is 0 Å². The second-order valence-corrected chi connectivity index (χ2v) is 18.7. The molecule has 0 bridgehead atoms. The third-order valence-electron chi connectivity index (χ3n) is 14.4. The van der Waals surface area contributed by atoms with Crippen LogP contribution < -0.4 is 30.9 Å². The summed E-state index contributed by atoms with van der Waals surface area (Å²) in [6.45, 7) is 2.29. The summed E-state index contributed by atoms with van der Waals surface area (Å²) < 4.78 is 27.3. The van der Waals surface area contributed by atoms with Crippen LogP contribution in [0.4, 0.5) is 34.1 Å². The Hall–Kier alpha value is -7.55. The number of fused-ring (bicyclic) bond motifs is 16. The first-order valence-electron chi connectivity index (χ1n) is 21.6. The van der Waals surface area contributed by atoms with Crippen LogP contribution in [-0.4, -0.2) is 6.71 Å². The average molecular weight is 827 g/mol. The Morgan fingerprint density at radius 1 is 0.556 bits per heavy atom. The number of benzene rings is 8. The summed E-state index contributed by atoms with van der Waals surface area (Å²) in [7, 11) is 0. The lowest BCUT2D eigenvalue weighted by Gasteiger charge is -2.48. The number of hydrogen-bond acceptors (Lipinski definition) is 7. The van der Waals surface area contributed by atoms with E-state index in [-0.39, 0.29) is 12.8 Å². The Bertz CT molecular complexity index is 3920. The second kappa shape index (κ2) is 11.3. The van der Waals surface area contributed by atoms with Crippen LogP contribution >= 0.6 is 11.8 Å². The van der Waals surface area contributed by atoms with Gasteiger partial charge in [0.05, 0.1) is 27.6 Å². The quantitative estimate of drug-likeness (QED) is 0.161. The van der Waals surface area contributed by atoms with E-state index in [9.17, 15) is 0 Å². The lowest BCUT2D eigenvalue weighted by atomic mass is 9.33. The maximum atomic E-state index is 7.34. The SMILES string of the molecule is CC12C=Cc3oc4ccccc4c3C1Oc1cc3c4c(c12)N(c1ccccc1)c1cccc2c1B4c1c(cc4oc5c(ccc6oc7ccccc7c65)c4c1N2c1ccccc1)S3. The van der Waals surface area contributed by atoms with Crippen LogP contribution in [0.25, 0.3) is 60.9 Å². The van der Waals surface area contributed by atoms with Crippen molar-refractivity contribution in [3.8, 4) is 5.75 Å². The maximum Gasteiger partial charge on any atom is 0.255 e. The Labute approximate surface area is 364 Å². The summed E-state index contributed by atoms with van der Waals surface area (Å²) in [6.07, 6.45) is 4.25. The smallest absolute Gasteiger partial charge is 0.255 e. The third kappa shape index (κ3) is 3.92.